The summed E-state index contributed by atoms with van der Waals surface area (Å²) >= 11 is 1.63. The number of amides is 1. The number of allylic oxidation sites excluding steroid dienone is 2. The molecule has 0 aliphatic heterocycles. The molecule has 0 saturated heterocycles. The summed E-state index contributed by atoms with van der Waals surface area (Å²) in [5, 5.41) is 15.2. The van der Waals surface area contributed by atoms with Gasteiger partial charge in [-0.25, -0.2) is 4.98 Å². The van der Waals surface area contributed by atoms with Crippen molar-refractivity contribution in [2.45, 2.75) is 26.7 Å². The number of thiazole rings is 1. The quantitative estimate of drug-likeness (QED) is 0.667. The van der Waals surface area contributed by atoms with E-state index in [0.717, 1.165) is 26.4 Å². The number of carbonyl (C=O) groups is 2. The molecule has 3 aromatic rings. The van der Waals surface area contributed by atoms with Crippen LogP contribution in [-0.2, 0) is 9.59 Å². The third-order valence-electron chi connectivity index (χ3n) is 5.33. The number of benzene rings is 2. The van der Waals surface area contributed by atoms with Crippen LogP contribution in [0.1, 0.15) is 25.3 Å². The molecular weight excluding hydrogens is 384 g/mol. The molecule has 0 spiro atoms. The predicted octanol–water partition coefficient (Wildman–Crippen LogP) is 3.93. The number of aryl methyl sites for hydroxylation is 1. The molecule has 29 heavy (non-hydrogen) atoms. The summed E-state index contributed by atoms with van der Waals surface area (Å²) in [6, 6.07) is 13.7. The fraction of sp³-hybridized carbons (Fsp3) is 0.261. The van der Waals surface area contributed by atoms with E-state index in [-0.39, 0.29) is 5.91 Å². The van der Waals surface area contributed by atoms with Crippen molar-refractivity contribution < 1.29 is 14.7 Å². The van der Waals surface area contributed by atoms with Gasteiger partial charge >= 0.3 is 0 Å². The second kappa shape index (κ2) is 7.79. The lowest BCUT2D eigenvalue weighted by molar-refractivity contribution is -0.313. The number of rotatable bonds is 4. The van der Waals surface area contributed by atoms with Crippen LogP contribution in [0.3, 0.4) is 0 Å². The first kappa shape index (κ1) is 19.3. The van der Waals surface area contributed by atoms with Gasteiger partial charge in [0.1, 0.15) is 5.01 Å². The van der Waals surface area contributed by atoms with Gasteiger partial charge in [0.25, 0.3) is 0 Å². The molecule has 0 unspecified atom stereocenters. The highest BCUT2D eigenvalue weighted by molar-refractivity contribution is 7.21. The summed E-state index contributed by atoms with van der Waals surface area (Å²) in [6.45, 7) is 3.98. The van der Waals surface area contributed by atoms with E-state index in [4.69, 9.17) is 0 Å². The van der Waals surface area contributed by atoms with Crippen molar-refractivity contribution >= 4 is 39.1 Å². The van der Waals surface area contributed by atoms with Gasteiger partial charge in [-0.1, -0.05) is 17.7 Å². The van der Waals surface area contributed by atoms with Crippen LogP contribution in [0.4, 0.5) is 5.69 Å². The topological polar surface area (TPSA) is 82.1 Å². The first-order valence-corrected chi connectivity index (χ1v) is 10.4. The zero-order valence-corrected chi connectivity index (χ0v) is 17.1. The van der Waals surface area contributed by atoms with E-state index in [0.29, 0.717) is 18.5 Å². The van der Waals surface area contributed by atoms with Crippen molar-refractivity contribution in [3.63, 3.8) is 0 Å². The Bertz CT molecular complexity index is 1110. The average Bonchev–Trinajstić information content (AvgIpc) is 3.11. The van der Waals surface area contributed by atoms with Gasteiger partial charge in [-0.3, -0.25) is 4.79 Å². The number of aromatic nitrogens is 1. The molecule has 0 radical (unpaired) electrons. The number of hydrogen-bond acceptors (Lipinski definition) is 5. The Morgan fingerprint density at radius 2 is 1.86 bits per heavy atom. The standard InChI is InChI=1S/C23H22N2O3S/c1-13-3-9-17(23(27)28)18(11-13)21(26)24-16-7-5-15(6-8-16)22-25-19-10-4-14(2)12-20(19)29-22/h3-8,10,12,17-18H,9,11H2,1-2H3,(H,24,26)(H,27,28)/p-1/t17-,18-/m0/s1. The number of carboxylic acids is 1. The average molecular weight is 405 g/mol. The molecule has 2 aromatic carbocycles. The summed E-state index contributed by atoms with van der Waals surface area (Å²) in [4.78, 5) is 28.8. The maximum atomic E-state index is 12.7. The first-order valence-electron chi connectivity index (χ1n) is 9.55. The molecule has 4 rings (SSSR count). The molecular formula is C23H21N2O3S-. The lowest BCUT2D eigenvalue weighted by Crippen LogP contribution is -2.42. The zero-order chi connectivity index (χ0) is 20.5. The second-order valence-electron chi connectivity index (χ2n) is 7.58. The van der Waals surface area contributed by atoms with Crippen LogP contribution in [0.5, 0.6) is 0 Å². The highest BCUT2D eigenvalue weighted by Gasteiger charge is 2.31. The molecule has 148 valence electrons. The number of carboxylic acid groups (broad SMARTS) is 1. The largest absolute Gasteiger partial charge is 0.550 e. The van der Waals surface area contributed by atoms with Crippen LogP contribution in [0.15, 0.2) is 54.1 Å². The minimum Gasteiger partial charge on any atom is -0.550 e. The maximum Gasteiger partial charge on any atom is 0.228 e. The Hall–Kier alpha value is -2.99. The zero-order valence-electron chi connectivity index (χ0n) is 16.3. The molecule has 0 bridgehead atoms. The number of fused-ring (bicyclic) bond motifs is 1. The molecule has 1 amide bonds. The van der Waals surface area contributed by atoms with E-state index < -0.39 is 17.8 Å². The van der Waals surface area contributed by atoms with Crippen LogP contribution in [0.2, 0.25) is 0 Å². The first-order chi connectivity index (χ1) is 13.9. The Kier molecular flexibility index (Phi) is 5.20. The number of carbonyl (C=O) groups excluding carboxylic acids is 2. The molecule has 1 aliphatic rings. The number of hydrogen-bond donors (Lipinski definition) is 1. The Morgan fingerprint density at radius 3 is 2.59 bits per heavy atom. The highest BCUT2D eigenvalue weighted by atomic mass is 32.1. The maximum absolute atomic E-state index is 12.7. The molecule has 0 fully saturated rings. The molecule has 5 nitrogen and oxygen atoms in total. The number of nitrogens with zero attached hydrogens (tertiary/aromatic N) is 1. The van der Waals surface area contributed by atoms with Crippen molar-refractivity contribution in [2.75, 3.05) is 5.32 Å². The fourth-order valence-corrected chi connectivity index (χ4v) is 4.76. The van der Waals surface area contributed by atoms with Crippen molar-refractivity contribution in [2.24, 2.45) is 11.8 Å². The third-order valence-corrected chi connectivity index (χ3v) is 6.40. The van der Waals surface area contributed by atoms with Gasteiger partial charge in [-0.15, -0.1) is 11.3 Å². The van der Waals surface area contributed by atoms with Crippen molar-refractivity contribution in [1.29, 1.82) is 0 Å². The van der Waals surface area contributed by atoms with Gasteiger partial charge in [-0.2, -0.15) is 0 Å². The van der Waals surface area contributed by atoms with E-state index in [1.54, 1.807) is 11.3 Å². The Balaban J connectivity index is 1.50. The molecule has 1 aromatic heterocycles. The van der Waals surface area contributed by atoms with Gasteiger partial charge in [0.05, 0.1) is 16.1 Å². The lowest BCUT2D eigenvalue weighted by atomic mass is 9.79. The Morgan fingerprint density at radius 1 is 1.10 bits per heavy atom. The minimum absolute atomic E-state index is 0.283. The van der Waals surface area contributed by atoms with Gasteiger partial charge in [0.15, 0.2) is 0 Å². The van der Waals surface area contributed by atoms with Gasteiger partial charge < -0.3 is 15.2 Å². The third kappa shape index (κ3) is 4.07. The van der Waals surface area contributed by atoms with E-state index in [9.17, 15) is 14.7 Å². The summed E-state index contributed by atoms with van der Waals surface area (Å²) in [7, 11) is 0. The van der Waals surface area contributed by atoms with Crippen molar-refractivity contribution in [1.82, 2.24) is 4.98 Å². The smallest absolute Gasteiger partial charge is 0.228 e. The number of anilines is 1. The van der Waals surface area contributed by atoms with Crippen LogP contribution in [-0.4, -0.2) is 16.9 Å². The molecule has 1 heterocycles. The number of aliphatic carboxylic acids is 1. The van der Waals surface area contributed by atoms with Gasteiger partial charge in [0.2, 0.25) is 5.91 Å². The van der Waals surface area contributed by atoms with Gasteiger partial charge in [0, 0.05) is 23.1 Å². The molecule has 6 heteroatoms. The second-order valence-corrected chi connectivity index (χ2v) is 8.61. The molecule has 0 saturated carbocycles. The van der Waals surface area contributed by atoms with Crippen LogP contribution in [0.25, 0.3) is 20.8 Å². The van der Waals surface area contributed by atoms with Crippen molar-refractivity contribution in [3.8, 4) is 10.6 Å². The summed E-state index contributed by atoms with van der Waals surface area (Å²) in [5.41, 5.74) is 4.82. The normalized spacial score (nSPS) is 19.0. The van der Waals surface area contributed by atoms with Gasteiger partial charge in [-0.05, 0) is 68.7 Å². The molecule has 1 N–H and O–H groups in total. The summed E-state index contributed by atoms with van der Waals surface area (Å²) in [6.07, 6.45) is 2.65. The van der Waals surface area contributed by atoms with E-state index in [1.165, 1.54) is 5.56 Å². The predicted molar refractivity (Wildman–Crippen MR) is 113 cm³/mol. The Labute approximate surface area is 173 Å². The SMILES string of the molecule is CC1=CC[C@H](C(=O)[O-])[C@@H](C(=O)Nc2ccc(-c3nc4ccc(C)cc4s3)cc2)C1. The van der Waals surface area contributed by atoms with E-state index in [2.05, 4.69) is 23.3 Å². The van der Waals surface area contributed by atoms with E-state index >= 15 is 0 Å². The lowest BCUT2D eigenvalue weighted by Gasteiger charge is -2.30. The van der Waals surface area contributed by atoms with Crippen molar-refractivity contribution in [3.05, 3.63) is 59.7 Å². The van der Waals surface area contributed by atoms with Crippen LogP contribution < -0.4 is 10.4 Å². The fourth-order valence-electron chi connectivity index (χ4n) is 3.69. The molecule has 2 atom stereocenters. The van der Waals surface area contributed by atoms with Crippen LogP contribution in [0, 0.1) is 18.8 Å². The molecule has 1 aliphatic carbocycles. The summed E-state index contributed by atoms with van der Waals surface area (Å²) in [5.74, 6) is -2.86. The number of nitrogens with one attached hydrogen (secondary N) is 1. The summed E-state index contributed by atoms with van der Waals surface area (Å²) < 4.78 is 1.14. The van der Waals surface area contributed by atoms with E-state index in [1.807, 2.05) is 49.4 Å². The monoisotopic (exact) mass is 405 g/mol. The highest BCUT2D eigenvalue weighted by Crippen LogP contribution is 2.33. The minimum atomic E-state index is -1.17. The van der Waals surface area contributed by atoms with Crippen LogP contribution >= 0.6 is 11.3 Å².